The quantitative estimate of drug-likeness (QED) is 0.306. The molecule has 4 rings (SSSR count). The standard InChI is InChI=1S/C28H28N2O5S/c1-5-21(30-23(31)15-17(3)19-13-10-14-22(34-4)25(19)30)26(32)29-27-24(28(33)35-6-2)20(16-36-27)18-11-8-7-9-12-18/h7-16,21H,5-6H2,1-4H3,(H,29,32). The van der Waals surface area contributed by atoms with E-state index in [1.807, 2.05) is 61.7 Å². The molecule has 186 valence electrons. The number of methoxy groups -OCH3 is 1. The normalized spacial score (nSPS) is 11.8. The van der Waals surface area contributed by atoms with Crippen molar-refractivity contribution in [3.05, 3.63) is 81.5 Å². The number of amides is 1. The number of fused-ring (bicyclic) bond motifs is 1. The number of benzene rings is 2. The summed E-state index contributed by atoms with van der Waals surface area (Å²) < 4.78 is 12.3. The first-order chi connectivity index (χ1) is 17.4. The lowest BCUT2D eigenvalue weighted by Crippen LogP contribution is -2.33. The Morgan fingerprint density at radius 1 is 1.08 bits per heavy atom. The molecule has 0 saturated heterocycles. The number of aryl methyl sites for hydroxylation is 1. The van der Waals surface area contributed by atoms with Gasteiger partial charge in [-0.3, -0.25) is 14.2 Å². The average molecular weight is 505 g/mol. The van der Waals surface area contributed by atoms with Crippen LogP contribution >= 0.6 is 11.3 Å². The molecule has 0 aliphatic carbocycles. The van der Waals surface area contributed by atoms with Gasteiger partial charge < -0.3 is 14.8 Å². The minimum absolute atomic E-state index is 0.207. The van der Waals surface area contributed by atoms with Crippen molar-refractivity contribution in [2.24, 2.45) is 0 Å². The maximum absolute atomic E-state index is 13.6. The Kier molecular flexibility index (Phi) is 7.55. The molecule has 1 amide bonds. The zero-order valence-electron chi connectivity index (χ0n) is 20.7. The van der Waals surface area contributed by atoms with Gasteiger partial charge in [0.05, 0.1) is 19.2 Å². The second-order valence-corrected chi connectivity index (χ2v) is 9.12. The molecule has 8 heteroatoms. The third-order valence-electron chi connectivity index (χ3n) is 6.06. The van der Waals surface area contributed by atoms with Gasteiger partial charge in [-0.05, 0) is 37.5 Å². The molecule has 2 aromatic carbocycles. The van der Waals surface area contributed by atoms with Gasteiger partial charge in [-0.25, -0.2) is 4.79 Å². The lowest BCUT2D eigenvalue weighted by Gasteiger charge is -2.22. The van der Waals surface area contributed by atoms with Crippen LogP contribution in [0.2, 0.25) is 0 Å². The molecule has 4 aromatic rings. The average Bonchev–Trinajstić information content (AvgIpc) is 3.30. The summed E-state index contributed by atoms with van der Waals surface area (Å²) in [7, 11) is 1.54. The monoisotopic (exact) mass is 504 g/mol. The van der Waals surface area contributed by atoms with Crippen LogP contribution in [0.1, 0.15) is 42.2 Å². The third kappa shape index (κ3) is 4.64. The number of para-hydroxylation sites is 1. The van der Waals surface area contributed by atoms with Crippen LogP contribution in [0.4, 0.5) is 5.00 Å². The van der Waals surface area contributed by atoms with E-state index < -0.39 is 17.9 Å². The van der Waals surface area contributed by atoms with Crippen molar-refractivity contribution < 1.29 is 19.1 Å². The van der Waals surface area contributed by atoms with Crippen molar-refractivity contribution >= 4 is 39.1 Å². The van der Waals surface area contributed by atoms with E-state index in [0.29, 0.717) is 33.8 Å². The first-order valence-corrected chi connectivity index (χ1v) is 12.6. The van der Waals surface area contributed by atoms with Crippen LogP contribution in [0, 0.1) is 6.92 Å². The van der Waals surface area contributed by atoms with Crippen LogP contribution in [-0.4, -0.2) is 30.2 Å². The molecule has 0 saturated carbocycles. The topological polar surface area (TPSA) is 86.6 Å². The summed E-state index contributed by atoms with van der Waals surface area (Å²) in [6.07, 6.45) is 0.355. The van der Waals surface area contributed by atoms with Gasteiger partial charge in [-0.2, -0.15) is 0 Å². The highest BCUT2D eigenvalue weighted by Crippen LogP contribution is 2.37. The molecule has 0 spiro atoms. The maximum Gasteiger partial charge on any atom is 0.341 e. The summed E-state index contributed by atoms with van der Waals surface area (Å²) in [5.74, 6) is -0.405. The van der Waals surface area contributed by atoms with Gasteiger partial charge in [0.1, 0.15) is 22.4 Å². The number of anilines is 1. The number of rotatable bonds is 8. The molecule has 1 unspecified atom stereocenters. The molecule has 0 aliphatic rings. The molecule has 1 atom stereocenters. The van der Waals surface area contributed by atoms with Crippen LogP contribution in [0.25, 0.3) is 22.0 Å². The van der Waals surface area contributed by atoms with E-state index in [1.165, 1.54) is 29.1 Å². The number of esters is 1. The van der Waals surface area contributed by atoms with Crippen molar-refractivity contribution in [1.29, 1.82) is 0 Å². The van der Waals surface area contributed by atoms with Crippen molar-refractivity contribution in [2.45, 2.75) is 33.2 Å². The Bertz CT molecular complexity index is 1470. The molecule has 2 heterocycles. The summed E-state index contributed by atoms with van der Waals surface area (Å²) in [4.78, 5) is 39.8. The molecule has 2 aromatic heterocycles. The zero-order valence-corrected chi connectivity index (χ0v) is 21.5. The molecule has 1 N–H and O–H groups in total. The van der Waals surface area contributed by atoms with E-state index in [0.717, 1.165) is 16.5 Å². The highest BCUT2D eigenvalue weighted by atomic mass is 32.1. The fourth-order valence-corrected chi connectivity index (χ4v) is 5.33. The summed E-state index contributed by atoms with van der Waals surface area (Å²) in [5.41, 5.74) is 2.89. The minimum Gasteiger partial charge on any atom is -0.495 e. The van der Waals surface area contributed by atoms with E-state index in [1.54, 1.807) is 13.0 Å². The molecular weight excluding hydrogens is 476 g/mol. The van der Waals surface area contributed by atoms with Crippen molar-refractivity contribution in [3.63, 3.8) is 0 Å². The van der Waals surface area contributed by atoms with Gasteiger partial charge in [-0.15, -0.1) is 11.3 Å². The number of carbonyl (C=O) groups excluding carboxylic acids is 2. The number of carbonyl (C=O) groups is 2. The minimum atomic E-state index is -0.825. The Hall–Kier alpha value is -3.91. The van der Waals surface area contributed by atoms with Crippen LogP contribution in [0.3, 0.4) is 0 Å². The number of thiophene rings is 1. The number of ether oxygens (including phenoxy) is 2. The Morgan fingerprint density at radius 2 is 1.83 bits per heavy atom. The van der Waals surface area contributed by atoms with Gasteiger partial charge >= 0.3 is 5.97 Å². The first kappa shape index (κ1) is 25.2. The molecule has 0 fully saturated rings. The summed E-state index contributed by atoms with van der Waals surface area (Å²) >= 11 is 1.25. The summed E-state index contributed by atoms with van der Waals surface area (Å²) in [6.45, 7) is 5.64. The van der Waals surface area contributed by atoms with Gasteiger partial charge in [0.25, 0.3) is 5.56 Å². The zero-order chi connectivity index (χ0) is 25.8. The predicted octanol–water partition coefficient (Wildman–Crippen LogP) is 5.81. The van der Waals surface area contributed by atoms with Gasteiger partial charge in [0.15, 0.2) is 0 Å². The van der Waals surface area contributed by atoms with Gasteiger partial charge in [-0.1, -0.05) is 49.4 Å². The predicted molar refractivity (Wildman–Crippen MR) is 143 cm³/mol. The SMILES string of the molecule is CCOC(=O)c1c(-c2ccccc2)csc1NC(=O)C(CC)n1c(=O)cc(C)c2cccc(OC)c21. The molecular formula is C28H28N2O5S. The van der Waals surface area contributed by atoms with Crippen LogP contribution in [0.15, 0.2) is 64.8 Å². The first-order valence-electron chi connectivity index (χ1n) is 11.7. The molecule has 7 nitrogen and oxygen atoms in total. The molecule has 0 aliphatic heterocycles. The summed E-state index contributed by atoms with van der Waals surface area (Å²) in [6, 6.07) is 15.7. The van der Waals surface area contributed by atoms with E-state index in [2.05, 4.69) is 5.32 Å². The maximum atomic E-state index is 13.6. The van der Waals surface area contributed by atoms with Crippen molar-refractivity contribution in [1.82, 2.24) is 4.57 Å². The van der Waals surface area contributed by atoms with Gasteiger partial charge in [0.2, 0.25) is 5.91 Å². The number of pyridine rings is 1. The Labute approximate surface area is 213 Å². The van der Waals surface area contributed by atoms with E-state index in [4.69, 9.17) is 9.47 Å². The number of nitrogens with zero attached hydrogens (tertiary/aromatic N) is 1. The fraction of sp³-hybridized carbons (Fsp3) is 0.250. The number of aromatic nitrogens is 1. The number of nitrogens with one attached hydrogen (secondary N) is 1. The van der Waals surface area contributed by atoms with Crippen molar-refractivity contribution in [3.8, 4) is 16.9 Å². The van der Waals surface area contributed by atoms with Crippen molar-refractivity contribution in [2.75, 3.05) is 19.0 Å². The Morgan fingerprint density at radius 3 is 2.50 bits per heavy atom. The van der Waals surface area contributed by atoms with E-state index in [-0.39, 0.29) is 12.2 Å². The van der Waals surface area contributed by atoms with Gasteiger partial charge in [0, 0.05) is 22.4 Å². The number of hydrogen-bond acceptors (Lipinski definition) is 6. The van der Waals surface area contributed by atoms with E-state index in [9.17, 15) is 14.4 Å². The Balaban J connectivity index is 1.80. The lowest BCUT2D eigenvalue weighted by molar-refractivity contribution is -0.119. The van der Waals surface area contributed by atoms with Crippen LogP contribution in [-0.2, 0) is 9.53 Å². The van der Waals surface area contributed by atoms with Crippen LogP contribution in [0.5, 0.6) is 5.75 Å². The molecule has 0 bridgehead atoms. The second-order valence-electron chi connectivity index (χ2n) is 8.25. The third-order valence-corrected chi connectivity index (χ3v) is 6.95. The molecule has 36 heavy (non-hydrogen) atoms. The highest BCUT2D eigenvalue weighted by Gasteiger charge is 2.28. The second kappa shape index (κ2) is 10.8. The number of hydrogen-bond donors (Lipinski definition) is 1. The molecule has 0 radical (unpaired) electrons. The fourth-order valence-electron chi connectivity index (χ4n) is 4.37. The lowest BCUT2D eigenvalue weighted by atomic mass is 10.0. The van der Waals surface area contributed by atoms with Crippen LogP contribution < -0.4 is 15.6 Å². The highest BCUT2D eigenvalue weighted by molar-refractivity contribution is 7.15. The van der Waals surface area contributed by atoms with E-state index >= 15 is 0 Å². The smallest absolute Gasteiger partial charge is 0.341 e. The summed E-state index contributed by atoms with van der Waals surface area (Å²) in [5, 5.41) is 5.95. The largest absolute Gasteiger partial charge is 0.495 e.